The molecule has 0 aliphatic heterocycles. The third-order valence-electron chi connectivity index (χ3n) is 2.93. The zero-order chi connectivity index (χ0) is 14.4. The molecule has 1 heterocycles. The Bertz CT molecular complexity index is 529. The Kier molecular flexibility index (Phi) is 5.38. The summed E-state index contributed by atoms with van der Waals surface area (Å²) in [6, 6.07) is 6.37. The van der Waals surface area contributed by atoms with Crippen LogP contribution in [-0.4, -0.2) is 25.3 Å². The van der Waals surface area contributed by atoms with Gasteiger partial charge in [-0.1, -0.05) is 6.07 Å². The van der Waals surface area contributed by atoms with E-state index in [1.165, 1.54) is 10.4 Å². The van der Waals surface area contributed by atoms with Gasteiger partial charge in [0.1, 0.15) is 12.4 Å². The van der Waals surface area contributed by atoms with E-state index in [2.05, 4.69) is 36.3 Å². The Morgan fingerprint density at radius 1 is 1.35 bits per heavy atom. The lowest BCUT2D eigenvalue weighted by atomic mass is 10.2. The summed E-state index contributed by atoms with van der Waals surface area (Å²) in [6.07, 6.45) is 1.89. The maximum atomic E-state index is 5.78. The summed E-state index contributed by atoms with van der Waals surface area (Å²) < 4.78 is 10.8. The van der Waals surface area contributed by atoms with Gasteiger partial charge in [-0.25, -0.2) is 0 Å². The minimum atomic E-state index is 0.204. The maximum Gasteiger partial charge on any atom is 0.142 e. The second kappa shape index (κ2) is 7.26. The molecule has 0 amide bonds. The largest absolute Gasteiger partial charge is 0.489 e. The fourth-order valence-electron chi connectivity index (χ4n) is 1.85. The van der Waals surface area contributed by atoms with Crippen molar-refractivity contribution in [1.29, 1.82) is 0 Å². The Hall–Kier alpha value is -1.59. The van der Waals surface area contributed by atoms with Crippen molar-refractivity contribution in [2.45, 2.75) is 19.9 Å². The number of rotatable bonds is 7. The zero-order valence-electron chi connectivity index (χ0n) is 12.1. The highest BCUT2D eigenvalue weighted by Crippen LogP contribution is 2.30. The van der Waals surface area contributed by atoms with Gasteiger partial charge in [0.05, 0.1) is 23.8 Å². The molecule has 2 aromatic rings. The topological polar surface area (TPSA) is 43.4 Å². The number of hydrogen-bond acceptors (Lipinski definition) is 5. The Balaban J connectivity index is 2.09. The summed E-state index contributed by atoms with van der Waals surface area (Å²) in [5, 5.41) is 3.47. The summed E-state index contributed by atoms with van der Waals surface area (Å²) in [6.45, 7) is 5.30. The number of benzene rings is 1. The van der Waals surface area contributed by atoms with Crippen LogP contribution in [0.3, 0.4) is 0 Å². The second-order valence-electron chi connectivity index (χ2n) is 4.61. The molecule has 4 nitrogen and oxygen atoms in total. The van der Waals surface area contributed by atoms with Gasteiger partial charge in [-0.05, 0) is 31.5 Å². The van der Waals surface area contributed by atoms with Crippen molar-refractivity contribution in [3.8, 4) is 5.75 Å². The molecular formula is C15H20N2O2S. The van der Waals surface area contributed by atoms with Crippen LogP contribution < -0.4 is 10.1 Å². The predicted molar refractivity (Wildman–Crippen MR) is 82.7 cm³/mol. The van der Waals surface area contributed by atoms with Gasteiger partial charge in [0.25, 0.3) is 0 Å². The Morgan fingerprint density at radius 3 is 2.90 bits per heavy atom. The molecule has 5 heteroatoms. The number of methoxy groups -OCH3 is 1. The van der Waals surface area contributed by atoms with Gasteiger partial charge in [-0.15, -0.1) is 11.3 Å². The van der Waals surface area contributed by atoms with E-state index >= 15 is 0 Å². The number of ether oxygens (including phenoxy) is 2. The van der Waals surface area contributed by atoms with Crippen molar-refractivity contribution >= 4 is 17.0 Å². The van der Waals surface area contributed by atoms with E-state index in [4.69, 9.17) is 9.47 Å². The van der Waals surface area contributed by atoms with Crippen LogP contribution >= 0.6 is 11.3 Å². The molecular weight excluding hydrogens is 272 g/mol. The first-order chi connectivity index (χ1) is 9.70. The van der Waals surface area contributed by atoms with Gasteiger partial charge in [0, 0.05) is 18.2 Å². The fraction of sp³-hybridized carbons (Fsp3) is 0.400. The number of anilines is 1. The van der Waals surface area contributed by atoms with Gasteiger partial charge < -0.3 is 14.8 Å². The second-order valence-corrected chi connectivity index (χ2v) is 5.53. The van der Waals surface area contributed by atoms with Crippen molar-refractivity contribution in [1.82, 2.24) is 4.98 Å². The van der Waals surface area contributed by atoms with Crippen molar-refractivity contribution in [3.05, 3.63) is 40.3 Å². The normalized spacial score (nSPS) is 12.2. The lowest BCUT2D eigenvalue weighted by Crippen LogP contribution is -2.09. The molecule has 20 heavy (non-hydrogen) atoms. The third-order valence-corrected chi connectivity index (χ3v) is 3.89. The van der Waals surface area contributed by atoms with Crippen LogP contribution in [0.2, 0.25) is 0 Å². The number of thiazole rings is 1. The molecule has 0 radical (unpaired) electrons. The van der Waals surface area contributed by atoms with Crippen LogP contribution in [-0.2, 0) is 4.74 Å². The molecule has 1 aromatic carbocycles. The van der Waals surface area contributed by atoms with Gasteiger partial charge in [0.15, 0.2) is 0 Å². The van der Waals surface area contributed by atoms with E-state index in [0.717, 1.165) is 11.4 Å². The third kappa shape index (κ3) is 3.95. The quantitative estimate of drug-likeness (QED) is 0.791. The SMILES string of the molecule is COCCOc1cc(C)ccc1NC(C)c1cncs1. The van der Waals surface area contributed by atoms with Crippen LogP contribution in [0.15, 0.2) is 29.9 Å². The molecule has 108 valence electrons. The van der Waals surface area contributed by atoms with E-state index in [9.17, 15) is 0 Å². The number of hydrogen-bond donors (Lipinski definition) is 1. The molecule has 1 aromatic heterocycles. The summed E-state index contributed by atoms with van der Waals surface area (Å²) >= 11 is 1.65. The van der Waals surface area contributed by atoms with Gasteiger partial charge >= 0.3 is 0 Å². The molecule has 0 saturated heterocycles. The van der Waals surface area contributed by atoms with E-state index in [1.807, 2.05) is 17.8 Å². The lowest BCUT2D eigenvalue weighted by molar-refractivity contribution is 0.146. The molecule has 0 saturated carbocycles. The first-order valence-corrected chi connectivity index (χ1v) is 7.46. The highest BCUT2D eigenvalue weighted by Gasteiger charge is 2.10. The molecule has 0 spiro atoms. The average Bonchev–Trinajstić information content (AvgIpc) is 2.96. The van der Waals surface area contributed by atoms with E-state index in [0.29, 0.717) is 13.2 Å². The minimum absolute atomic E-state index is 0.204. The van der Waals surface area contributed by atoms with Gasteiger partial charge in [-0.3, -0.25) is 4.98 Å². The highest BCUT2D eigenvalue weighted by atomic mass is 32.1. The van der Waals surface area contributed by atoms with Gasteiger partial charge in [-0.2, -0.15) is 0 Å². The number of nitrogens with zero attached hydrogens (tertiary/aromatic N) is 1. The smallest absolute Gasteiger partial charge is 0.142 e. The predicted octanol–water partition coefficient (Wildman–Crippen LogP) is 3.65. The van der Waals surface area contributed by atoms with Crippen LogP contribution in [0, 0.1) is 6.92 Å². The van der Waals surface area contributed by atoms with Crippen molar-refractivity contribution < 1.29 is 9.47 Å². The number of aryl methyl sites for hydroxylation is 1. The van der Waals surface area contributed by atoms with Crippen molar-refractivity contribution in [2.24, 2.45) is 0 Å². The standard InChI is InChI=1S/C15H20N2O2S/c1-11-4-5-13(14(8-11)19-7-6-18-3)17-12(2)15-9-16-10-20-15/h4-5,8-10,12,17H,6-7H2,1-3H3. The van der Waals surface area contributed by atoms with E-state index < -0.39 is 0 Å². The van der Waals surface area contributed by atoms with Crippen LogP contribution in [0.25, 0.3) is 0 Å². The number of nitrogens with one attached hydrogen (secondary N) is 1. The summed E-state index contributed by atoms with van der Waals surface area (Å²) in [4.78, 5) is 5.32. The Labute approximate surface area is 123 Å². The van der Waals surface area contributed by atoms with Crippen LogP contribution in [0.1, 0.15) is 23.4 Å². The average molecular weight is 292 g/mol. The van der Waals surface area contributed by atoms with Crippen molar-refractivity contribution in [3.63, 3.8) is 0 Å². The molecule has 1 N–H and O–H groups in total. The highest BCUT2D eigenvalue weighted by molar-refractivity contribution is 7.09. The van der Waals surface area contributed by atoms with Crippen LogP contribution in [0.4, 0.5) is 5.69 Å². The fourth-order valence-corrected chi connectivity index (χ4v) is 2.48. The first kappa shape index (κ1) is 14.8. The van der Waals surface area contributed by atoms with E-state index in [1.54, 1.807) is 18.4 Å². The maximum absolute atomic E-state index is 5.78. The molecule has 0 aliphatic carbocycles. The summed E-state index contributed by atoms with van der Waals surface area (Å²) in [5.74, 6) is 0.860. The minimum Gasteiger partial charge on any atom is -0.489 e. The molecule has 1 unspecified atom stereocenters. The molecule has 0 fully saturated rings. The first-order valence-electron chi connectivity index (χ1n) is 6.58. The van der Waals surface area contributed by atoms with Gasteiger partial charge in [0.2, 0.25) is 0 Å². The monoisotopic (exact) mass is 292 g/mol. The molecule has 0 bridgehead atoms. The summed E-state index contributed by atoms with van der Waals surface area (Å²) in [5.41, 5.74) is 4.01. The molecule has 0 aliphatic rings. The Morgan fingerprint density at radius 2 is 2.20 bits per heavy atom. The molecule has 1 atom stereocenters. The summed E-state index contributed by atoms with van der Waals surface area (Å²) in [7, 11) is 1.67. The molecule has 2 rings (SSSR count). The lowest BCUT2D eigenvalue weighted by Gasteiger charge is -2.17. The van der Waals surface area contributed by atoms with Crippen LogP contribution in [0.5, 0.6) is 5.75 Å². The number of aromatic nitrogens is 1. The van der Waals surface area contributed by atoms with Crippen molar-refractivity contribution in [2.75, 3.05) is 25.6 Å². The van der Waals surface area contributed by atoms with E-state index in [-0.39, 0.29) is 6.04 Å². The zero-order valence-corrected chi connectivity index (χ0v) is 12.9.